The molecule has 2 heterocycles. The van der Waals surface area contributed by atoms with Crippen LogP contribution in [0.1, 0.15) is 12.5 Å². The number of nitrogens with one attached hydrogen (secondary N) is 1. The average molecular weight is 250 g/mol. The van der Waals surface area contributed by atoms with Crippen molar-refractivity contribution >= 4 is 11.5 Å². The maximum absolute atomic E-state index is 5.87. The molecule has 3 N–H and O–H groups in total. The molecule has 0 aliphatic carbocycles. The van der Waals surface area contributed by atoms with Crippen LogP contribution in [0.5, 0.6) is 0 Å². The van der Waals surface area contributed by atoms with E-state index in [1.807, 2.05) is 13.0 Å². The fraction of sp³-hybridized carbons (Fsp3) is 0.615. The van der Waals surface area contributed by atoms with Gasteiger partial charge in [0.05, 0.1) is 13.2 Å². The molecule has 0 amide bonds. The Kier molecular flexibility index (Phi) is 4.38. The molecule has 1 aromatic rings. The number of ether oxygens (including phenoxy) is 1. The standard InChI is InChI=1S/C13H22N4O/c1-10-8-15-13(7-12(10)14)16-11(2)9-17-3-5-18-6-4-17/h7-8,11H,3-6,9H2,1-2H3,(H3,14,15,16). The third kappa shape index (κ3) is 3.58. The van der Waals surface area contributed by atoms with Crippen molar-refractivity contribution in [2.75, 3.05) is 43.9 Å². The molecule has 0 radical (unpaired) electrons. The topological polar surface area (TPSA) is 63.4 Å². The van der Waals surface area contributed by atoms with Crippen molar-refractivity contribution in [1.82, 2.24) is 9.88 Å². The third-order valence-electron chi connectivity index (χ3n) is 3.17. The van der Waals surface area contributed by atoms with Gasteiger partial charge in [-0.05, 0) is 19.4 Å². The van der Waals surface area contributed by atoms with Crippen molar-refractivity contribution in [2.45, 2.75) is 19.9 Å². The van der Waals surface area contributed by atoms with E-state index < -0.39 is 0 Å². The lowest BCUT2D eigenvalue weighted by Crippen LogP contribution is -2.42. The highest BCUT2D eigenvalue weighted by Crippen LogP contribution is 2.14. The van der Waals surface area contributed by atoms with Crippen LogP contribution in [-0.4, -0.2) is 48.8 Å². The molecular weight excluding hydrogens is 228 g/mol. The van der Waals surface area contributed by atoms with Crippen molar-refractivity contribution in [2.24, 2.45) is 0 Å². The van der Waals surface area contributed by atoms with Crippen molar-refractivity contribution < 1.29 is 4.74 Å². The first-order valence-electron chi connectivity index (χ1n) is 6.44. The maximum Gasteiger partial charge on any atom is 0.128 e. The molecule has 1 aliphatic heterocycles. The molecule has 100 valence electrons. The monoisotopic (exact) mass is 250 g/mol. The van der Waals surface area contributed by atoms with E-state index >= 15 is 0 Å². The summed E-state index contributed by atoms with van der Waals surface area (Å²) in [6.07, 6.45) is 1.80. The number of aryl methyl sites for hydroxylation is 1. The Balaban J connectivity index is 1.85. The van der Waals surface area contributed by atoms with E-state index in [9.17, 15) is 0 Å². The van der Waals surface area contributed by atoms with Crippen LogP contribution in [0.2, 0.25) is 0 Å². The number of nitrogen functional groups attached to an aromatic ring is 1. The zero-order valence-corrected chi connectivity index (χ0v) is 11.1. The molecule has 0 aromatic carbocycles. The Morgan fingerprint density at radius 1 is 1.50 bits per heavy atom. The smallest absolute Gasteiger partial charge is 0.128 e. The Morgan fingerprint density at radius 3 is 2.89 bits per heavy atom. The highest BCUT2D eigenvalue weighted by Gasteiger charge is 2.13. The summed E-state index contributed by atoms with van der Waals surface area (Å²) in [5, 5.41) is 3.38. The minimum Gasteiger partial charge on any atom is -0.398 e. The van der Waals surface area contributed by atoms with Gasteiger partial charge < -0.3 is 15.8 Å². The predicted octanol–water partition coefficient (Wildman–Crippen LogP) is 1.10. The van der Waals surface area contributed by atoms with Crippen LogP contribution in [0, 0.1) is 6.92 Å². The molecule has 1 fully saturated rings. The van der Waals surface area contributed by atoms with E-state index in [2.05, 4.69) is 22.1 Å². The van der Waals surface area contributed by atoms with E-state index in [-0.39, 0.29) is 0 Å². The van der Waals surface area contributed by atoms with Gasteiger partial charge in [-0.3, -0.25) is 4.90 Å². The number of aromatic nitrogens is 1. The summed E-state index contributed by atoms with van der Waals surface area (Å²) in [4.78, 5) is 6.74. The largest absolute Gasteiger partial charge is 0.398 e. The van der Waals surface area contributed by atoms with E-state index in [0.29, 0.717) is 6.04 Å². The lowest BCUT2D eigenvalue weighted by molar-refractivity contribution is 0.0368. The second kappa shape index (κ2) is 6.02. The van der Waals surface area contributed by atoms with Gasteiger partial charge in [-0.2, -0.15) is 0 Å². The summed E-state index contributed by atoms with van der Waals surface area (Å²) < 4.78 is 5.34. The molecule has 1 aliphatic rings. The normalized spacial score (nSPS) is 18.6. The van der Waals surface area contributed by atoms with Crippen molar-refractivity contribution in [1.29, 1.82) is 0 Å². The van der Waals surface area contributed by atoms with E-state index in [1.165, 1.54) is 0 Å². The van der Waals surface area contributed by atoms with Crippen LogP contribution in [0.15, 0.2) is 12.3 Å². The number of rotatable bonds is 4. The van der Waals surface area contributed by atoms with Gasteiger partial charge in [0.2, 0.25) is 0 Å². The van der Waals surface area contributed by atoms with Gasteiger partial charge in [0.15, 0.2) is 0 Å². The first kappa shape index (κ1) is 13.1. The quantitative estimate of drug-likeness (QED) is 0.838. The number of hydrogen-bond acceptors (Lipinski definition) is 5. The molecule has 18 heavy (non-hydrogen) atoms. The molecule has 5 nitrogen and oxygen atoms in total. The first-order valence-corrected chi connectivity index (χ1v) is 6.44. The van der Waals surface area contributed by atoms with Crippen LogP contribution in [-0.2, 0) is 4.74 Å². The molecule has 0 saturated carbocycles. The molecule has 2 rings (SSSR count). The fourth-order valence-electron chi connectivity index (χ4n) is 2.09. The summed E-state index contributed by atoms with van der Waals surface area (Å²) in [5.41, 5.74) is 7.67. The summed E-state index contributed by atoms with van der Waals surface area (Å²) in [7, 11) is 0. The number of nitrogens with two attached hydrogens (primary N) is 1. The SMILES string of the molecule is Cc1cnc(NC(C)CN2CCOCC2)cc1N. The number of pyridine rings is 1. The van der Waals surface area contributed by atoms with Crippen LogP contribution in [0.3, 0.4) is 0 Å². The highest BCUT2D eigenvalue weighted by atomic mass is 16.5. The van der Waals surface area contributed by atoms with Crippen molar-refractivity contribution in [3.05, 3.63) is 17.8 Å². The Hall–Kier alpha value is -1.33. The summed E-state index contributed by atoms with van der Waals surface area (Å²) >= 11 is 0. The lowest BCUT2D eigenvalue weighted by atomic mass is 10.2. The van der Waals surface area contributed by atoms with Crippen LogP contribution in [0.25, 0.3) is 0 Å². The van der Waals surface area contributed by atoms with Gasteiger partial charge in [-0.15, -0.1) is 0 Å². The summed E-state index contributed by atoms with van der Waals surface area (Å²) in [6.45, 7) is 8.81. The fourth-order valence-corrected chi connectivity index (χ4v) is 2.09. The highest BCUT2D eigenvalue weighted by molar-refractivity contribution is 5.53. The zero-order chi connectivity index (χ0) is 13.0. The van der Waals surface area contributed by atoms with E-state index in [1.54, 1.807) is 6.20 Å². The lowest BCUT2D eigenvalue weighted by Gasteiger charge is -2.29. The minimum absolute atomic E-state index is 0.345. The first-order chi connectivity index (χ1) is 8.65. The van der Waals surface area contributed by atoms with Crippen molar-refractivity contribution in [3.8, 4) is 0 Å². The van der Waals surface area contributed by atoms with Crippen LogP contribution >= 0.6 is 0 Å². The van der Waals surface area contributed by atoms with Gasteiger partial charge in [-0.1, -0.05) is 0 Å². The van der Waals surface area contributed by atoms with Gasteiger partial charge in [0.25, 0.3) is 0 Å². The van der Waals surface area contributed by atoms with Gasteiger partial charge in [-0.25, -0.2) is 4.98 Å². The molecule has 1 unspecified atom stereocenters. The molecule has 0 bridgehead atoms. The Labute approximate surface area is 108 Å². The van der Waals surface area contributed by atoms with Crippen LogP contribution < -0.4 is 11.1 Å². The second-order valence-electron chi connectivity index (χ2n) is 4.88. The molecular formula is C13H22N4O. The van der Waals surface area contributed by atoms with Gasteiger partial charge in [0, 0.05) is 43.6 Å². The Morgan fingerprint density at radius 2 is 2.22 bits per heavy atom. The zero-order valence-electron chi connectivity index (χ0n) is 11.1. The van der Waals surface area contributed by atoms with Crippen molar-refractivity contribution in [3.63, 3.8) is 0 Å². The van der Waals surface area contributed by atoms with Gasteiger partial charge >= 0.3 is 0 Å². The maximum atomic E-state index is 5.87. The predicted molar refractivity (Wildman–Crippen MR) is 73.7 cm³/mol. The average Bonchev–Trinajstić information content (AvgIpc) is 2.35. The number of hydrogen-bond donors (Lipinski definition) is 2. The Bertz CT molecular complexity index is 391. The summed E-state index contributed by atoms with van der Waals surface area (Å²) in [6, 6.07) is 2.24. The summed E-state index contributed by atoms with van der Waals surface area (Å²) in [5.74, 6) is 0.846. The second-order valence-corrected chi connectivity index (χ2v) is 4.88. The third-order valence-corrected chi connectivity index (χ3v) is 3.17. The molecule has 1 atom stereocenters. The molecule has 5 heteroatoms. The molecule has 0 spiro atoms. The van der Waals surface area contributed by atoms with E-state index in [0.717, 1.165) is 49.9 Å². The van der Waals surface area contributed by atoms with E-state index in [4.69, 9.17) is 10.5 Å². The number of nitrogens with zero attached hydrogens (tertiary/aromatic N) is 2. The number of anilines is 2. The molecule has 1 saturated heterocycles. The minimum atomic E-state index is 0.345. The molecule has 1 aromatic heterocycles. The number of morpholine rings is 1. The van der Waals surface area contributed by atoms with Crippen LogP contribution in [0.4, 0.5) is 11.5 Å². The van der Waals surface area contributed by atoms with Gasteiger partial charge in [0.1, 0.15) is 5.82 Å².